The van der Waals surface area contributed by atoms with Crippen molar-refractivity contribution < 1.29 is 9.90 Å². The van der Waals surface area contributed by atoms with Crippen LogP contribution in [0.1, 0.15) is 34.6 Å². The number of β-amino-alcohol motifs (C(OH)–C–C–N with tert-alkyl or cyclic N) is 1. The number of aromatic nitrogens is 2. The zero-order chi connectivity index (χ0) is 12.4. The van der Waals surface area contributed by atoms with Gasteiger partial charge >= 0.3 is 0 Å². The number of amides is 1. The SMILES string of the molecule is Cc1cc(C(=O)N2CCC[C@H](O)C2)c(C)nn1. The molecule has 1 atom stereocenters. The van der Waals surface area contributed by atoms with Crippen molar-refractivity contribution in [3.8, 4) is 0 Å². The van der Waals surface area contributed by atoms with E-state index in [1.165, 1.54) is 0 Å². The van der Waals surface area contributed by atoms with Crippen molar-refractivity contribution in [3.05, 3.63) is 23.0 Å². The van der Waals surface area contributed by atoms with Gasteiger partial charge in [0.2, 0.25) is 0 Å². The molecule has 1 aromatic heterocycles. The van der Waals surface area contributed by atoms with Gasteiger partial charge < -0.3 is 10.0 Å². The van der Waals surface area contributed by atoms with E-state index in [1.54, 1.807) is 17.9 Å². The fraction of sp³-hybridized carbons (Fsp3) is 0.583. The lowest BCUT2D eigenvalue weighted by Gasteiger charge is -2.30. The lowest BCUT2D eigenvalue weighted by atomic mass is 10.1. The maximum absolute atomic E-state index is 12.3. The van der Waals surface area contributed by atoms with Crippen LogP contribution in [0.2, 0.25) is 0 Å². The maximum atomic E-state index is 12.3. The van der Waals surface area contributed by atoms with E-state index in [-0.39, 0.29) is 5.91 Å². The second kappa shape index (κ2) is 4.79. The van der Waals surface area contributed by atoms with Crippen LogP contribution in [0.15, 0.2) is 6.07 Å². The number of carbonyl (C=O) groups excluding carboxylic acids is 1. The van der Waals surface area contributed by atoms with Gasteiger partial charge in [0, 0.05) is 13.1 Å². The van der Waals surface area contributed by atoms with Gasteiger partial charge in [0.25, 0.3) is 5.91 Å². The molecule has 1 fully saturated rings. The van der Waals surface area contributed by atoms with Crippen LogP contribution in [-0.2, 0) is 0 Å². The topological polar surface area (TPSA) is 66.3 Å². The Labute approximate surface area is 100 Å². The van der Waals surface area contributed by atoms with E-state index in [2.05, 4.69) is 10.2 Å². The molecule has 1 amide bonds. The zero-order valence-electron chi connectivity index (χ0n) is 10.2. The summed E-state index contributed by atoms with van der Waals surface area (Å²) < 4.78 is 0. The van der Waals surface area contributed by atoms with Crippen LogP contribution < -0.4 is 0 Å². The monoisotopic (exact) mass is 235 g/mol. The van der Waals surface area contributed by atoms with Crippen molar-refractivity contribution in [2.45, 2.75) is 32.8 Å². The molecule has 2 rings (SSSR count). The summed E-state index contributed by atoms with van der Waals surface area (Å²) in [6, 6.07) is 1.76. The Morgan fingerprint density at radius 1 is 1.47 bits per heavy atom. The third kappa shape index (κ3) is 2.61. The van der Waals surface area contributed by atoms with Gasteiger partial charge in [-0.05, 0) is 32.8 Å². The number of hydrogen-bond acceptors (Lipinski definition) is 4. The molecule has 0 aromatic carbocycles. The van der Waals surface area contributed by atoms with Crippen LogP contribution in [0.5, 0.6) is 0 Å². The van der Waals surface area contributed by atoms with Gasteiger partial charge in [0.05, 0.1) is 23.1 Å². The quantitative estimate of drug-likeness (QED) is 0.777. The predicted molar refractivity (Wildman–Crippen MR) is 62.7 cm³/mol. The van der Waals surface area contributed by atoms with E-state index in [1.807, 2.05) is 6.92 Å². The Morgan fingerprint density at radius 3 is 2.94 bits per heavy atom. The Balaban J connectivity index is 2.21. The molecule has 0 aliphatic carbocycles. The van der Waals surface area contributed by atoms with Crippen molar-refractivity contribution >= 4 is 5.91 Å². The second-order valence-corrected chi connectivity index (χ2v) is 4.53. The van der Waals surface area contributed by atoms with Gasteiger partial charge in [0.15, 0.2) is 0 Å². The fourth-order valence-corrected chi connectivity index (χ4v) is 2.08. The average molecular weight is 235 g/mol. The van der Waals surface area contributed by atoms with E-state index in [0.29, 0.717) is 24.3 Å². The van der Waals surface area contributed by atoms with Crippen molar-refractivity contribution in [3.63, 3.8) is 0 Å². The van der Waals surface area contributed by atoms with Gasteiger partial charge in [-0.2, -0.15) is 10.2 Å². The number of carbonyl (C=O) groups is 1. The molecule has 1 aromatic rings. The smallest absolute Gasteiger partial charge is 0.255 e. The highest BCUT2D eigenvalue weighted by Gasteiger charge is 2.24. The van der Waals surface area contributed by atoms with Gasteiger partial charge in [-0.15, -0.1) is 0 Å². The molecule has 1 N–H and O–H groups in total. The summed E-state index contributed by atoms with van der Waals surface area (Å²) in [5.74, 6) is -0.0562. The first-order valence-electron chi connectivity index (χ1n) is 5.86. The zero-order valence-corrected chi connectivity index (χ0v) is 10.2. The molecular weight excluding hydrogens is 218 g/mol. The number of nitrogens with zero attached hydrogens (tertiary/aromatic N) is 3. The number of piperidine rings is 1. The molecule has 1 aliphatic heterocycles. The summed E-state index contributed by atoms with van der Waals surface area (Å²) in [7, 11) is 0. The Bertz CT molecular complexity index is 434. The standard InChI is InChI=1S/C12H17N3O2/c1-8-6-11(9(2)14-13-8)12(17)15-5-3-4-10(16)7-15/h6,10,16H,3-5,7H2,1-2H3/t10-/m0/s1. The number of rotatable bonds is 1. The molecule has 92 valence electrons. The summed E-state index contributed by atoms with van der Waals surface area (Å²) in [6.45, 7) is 4.71. The van der Waals surface area contributed by atoms with Crippen LogP contribution in [0.4, 0.5) is 0 Å². The van der Waals surface area contributed by atoms with Crippen LogP contribution in [-0.4, -0.2) is 45.3 Å². The maximum Gasteiger partial charge on any atom is 0.255 e. The second-order valence-electron chi connectivity index (χ2n) is 4.53. The van der Waals surface area contributed by atoms with Gasteiger partial charge in [-0.25, -0.2) is 0 Å². The fourth-order valence-electron chi connectivity index (χ4n) is 2.08. The highest BCUT2D eigenvalue weighted by molar-refractivity contribution is 5.95. The molecule has 1 saturated heterocycles. The molecule has 17 heavy (non-hydrogen) atoms. The van der Waals surface area contributed by atoms with Gasteiger partial charge in [-0.3, -0.25) is 4.79 Å². The first-order valence-corrected chi connectivity index (χ1v) is 5.86. The molecule has 0 unspecified atom stereocenters. The lowest BCUT2D eigenvalue weighted by molar-refractivity contribution is 0.0472. The van der Waals surface area contributed by atoms with Crippen LogP contribution in [0.25, 0.3) is 0 Å². The minimum Gasteiger partial charge on any atom is -0.391 e. The minimum atomic E-state index is -0.399. The molecule has 5 nitrogen and oxygen atoms in total. The van der Waals surface area contributed by atoms with E-state index in [9.17, 15) is 9.90 Å². The molecular formula is C12H17N3O2. The highest BCUT2D eigenvalue weighted by atomic mass is 16.3. The van der Waals surface area contributed by atoms with E-state index < -0.39 is 6.10 Å². The van der Waals surface area contributed by atoms with E-state index in [0.717, 1.165) is 18.5 Å². The van der Waals surface area contributed by atoms with E-state index >= 15 is 0 Å². The Morgan fingerprint density at radius 2 is 2.24 bits per heavy atom. The average Bonchev–Trinajstić information content (AvgIpc) is 2.31. The minimum absolute atomic E-state index is 0.0562. The number of aryl methyl sites for hydroxylation is 2. The molecule has 0 saturated carbocycles. The summed E-state index contributed by atoms with van der Waals surface area (Å²) >= 11 is 0. The summed E-state index contributed by atoms with van der Waals surface area (Å²) in [6.07, 6.45) is 1.23. The van der Waals surface area contributed by atoms with Crippen LogP contribution >= 0.6 is 0 Å². The Kier molecular flexibility index (Phi) is 3.38. The van der Waals surface area contributed by atoms with Crippen molar-refractivity contribution in [2.75, 3.05) is 13.1 Å². The molecule has 0 spiro atoms. The lowest BCUT2D eigenvalue weighted by Crippen LogP contribution is -2.42. The highest BCUT2D eigenvalue weighted by Crippen LogP contribution is 2.15. The summed E-state index contributed by atoms with van der Waals surface area (Å²) in [5, 5.41) is 17.4. The van der Waals surface area contributed by atoms with Gasteiger partial charge in [-0.1, -0.05) is 0 Å². The van der Waals surface area contributed by atoms with E-state index in [4.69, 9.17) is 0 Å². The van der Waals surface area contributed by atoms with Gasteiger partial charge in [0.1, 0.15) is 0 Å². The van der Waals surface area contributed by atoms with Crippen LogP contribution in [0.3, 0.4) is 0 Å². The first-order chi connectivity index (χ1) is 8.08. The summed E-state index contributed by atoms with van der Waals surface area (Å²) in [5.41, 5.74) is 1.96. The number of likely N-dealkylation sites (tertiary alicyclic amines) is 1. The molecule has 5 heteroatoms. The summed E-state index contributed by atoms with van der Waals surface area (Å²) in [4.78, 5) is 14.0. The third-order valence-corrected chi connectivity index (χ3v) is 3.01. The number of aliphatic hydroxyl groups is 1. The number of aliphatic hydroxyl groups excluding tert-OH is 1. The normalized spacial score (nSPS) is 20.4. The van der Waals surface area contributed by atoms with Crippen molar-refractivity contribution in [1.82, 2.24) is 15.1 Å². The largest absolute Gasteiger partial charge is 0.391 e. The molecule has 2 heterocycles. The molecule has 1 aliphatic rings. The van der Waals surface area contributed by atoms with Crippen molar-refractivity contribution in [1.29, 1.82) is 0 Å². The predicted octanol–water partition coefficient (Wildman–Crippen LogP) is 0.690. The molecule has 0 bridgehead atoms. The first kappa shape index (κ1) is 12.0. The Hall–Kier alpha value is -1.49. The third-order valence-electron chi connectivity index (χ3n) is 3.01. The molecule has 0 radical (unpaired) electrons. The number of hydrogen-bond donors (Lipinski definition) is 1. The van der Waals surface area contributed by atoms with Crippen molar-refractivity contribution in [2.24, 2.45) is 0 Å². The van der Waals surface area contributed by atoms with Crippen LogP contribution in [0, 0.1) is 13.8 Å².